The van der Waals surface area contributed by atoms with E-state index >= 15 is 0 Å². The molecule has 0 radical (unpaired) electrons. The summed E-state index contributed by atoms with van der Waals surface area (Å²) in [7, 11) is 0. The second kappa shape index (κ2) is 6.41. The van der Waals surface area contributed by atoms with Gasteiger partial charge in [0.2, 0.25) is 0 Å². The zero-order valence-electron chi connectivity index (χ0n) is 10.7. The van der Waals surface area contributed by atoms with E-state index in [1.54, 1.807) is 6.07 Å². The minimum Gasteiger partial charge on any atom is -0.314 e. The number of hydrogen-bond acceptors (Lipinski definition) is 2. The predicted octanol–water partition coefficient (Wildman–Crippen LogP) is 3.38. The lowest BCUT2D eigenvalue weighted by Gasteiger charge is -2.34. The van der Waals surface area contributed by atoms with Crippen molar-refractivity contribution in [1.82, 2.24) is 10.2 Å². The predicted molar refractivity (Wildman–Crippen MR) is 72.3 cm³/mol. The summed E-state index contributed by atoms with van der Waals surface area (Å²) in [5, 5.41) is 3.14. The molecular formula is C13H15BrF4N2. The normalized spacial score (nSPS) is 19.1. The van der Waals surface area contributed by atoms with Gasteiger partial charge in [-0.3, -0.25) is 4.90 Å². The molecule has 2 rings (SSSR count). The second-order valence-electron chi connectivity index (χ2n) is 4.73. The molecule has 1 aliphatic heterocycles. The van der Waals surface area contributed by atoms with Crippen LogP contribution in [0.25, 0.3) is 0 Å². The molecule has 0 spiro atoms. The van der Waals surface area contributed by atoms with Crippen molar-refractivity contribution in [1.29, 1.82) is 0 Å². The highest BCUT2D eigenvalue weighted by molar-refractivity contribution is 9.10. The average Bonchev–Trinajstić information content (AvgIpc) is 2.39. The molecule has 1 fully saturated rings. The third-order valence-electron chi connectivity index (χ3n) is 3.37. The summed E-state index contributed by atoms with van der Waals surface area (Å²) in [6.07, 6.45) is -4.43. The number of benzene rings is 1. The van der Waals surface area contributed by atoms with E-state index in [2.05, 4.69) is 21.2 Å². The quantitative estimate of drug-likeness (QED) is 0.837. The van der Waals surface area contributed by atoms with Crippen molar-refractivity contribution < 1.29 is 17.6 Å². The molecule has 1 N–H and O–H groups in total. The highest BCUT2D eigenvalue weighted by Gasteiger charge is 2.32. The van der Waals surface area contributed by atoms with Gasteiger partial charge in [-0.1, -0.05) is 15.9 Å². The molecule has 0 aliphatic carbocycles. The number of nitrogens with zero attached hydrogens (tertiary/aromatic N) is 1. The lowest BCUT2D eigenvalue weighted by molar-refractivity contribution is -0.137. The van der Waals surface area contributed by atoms with E-state index < -0.39 is 24.5 Å². The fraction of sp³-hybridized carbons (Fsp3) is 0.538. The van der Waals surface area contributed by atoms with E-state index in [1.807, 2.05) is 4.90 Å². The Morgan fingerprint density at radius 1 is 1.20 bits per heavy atom. The summed E-state index contributed by atoms with van der Waals surface area (Å²) in [6.45, 7) is 1.99. The van der Waals surface area contributed by atoms with E-state index in [9.17, 15) is 17.6 Å². The molecule has 1 saturated heterocycles. The summed E-state index contributed by atoms with van der Waals surface area (Å²) >= 11 is 3.07. The molecule has 0 unspecified atom stereocenters. The molecule has 1 aliphatic rings. The largest absolute Gasteiger partial charge is 0.416 e. The van der Waals surface area contributed by atoms with Crippen LogP contribution in [-0.4, -0.2) is 37.8 Å². The molecule has 2 nitrogen and oxygen atoms in total. The Morgan fingerprint density at radius 3 is 2.40 bits per heavy atom. The van der Waals surface area contributed by atoms with Gasteiger partial charge in [0.15, 0.2) is 0 Å². The molecule has 0 bridgehead atoms. The minimum absolute atomic E-state index is 0.316. The molecule has 20 heavy (non-hydrogen) atoms. The SMILES string of the molecule is FC[C@H](c1cc(Br)cc(C(F)(F)F)c1)N1CCNCC1. The van der Waals surface area contributed by atoms with E-state index in [-0.39, 0.29) is 0 Å². The van der Waals surface area contributed by atoms with Crippen molar-refractivity contribution >= 4 is 15.9 Å². The lowest BCUT2D eigenvalue weighted by Crippen LogP contribution is -2.45. The van der Waals surface area contributed by atoms with Gasteiger partial charge in [0, 0.05) is 30.7 Å². The van der Waals surface area contributed by atoms with E-state index in [0.29, 0.717) is 23.1 Å². The second-order valence-corrected chi connectivity index (χ2v) is 5.64. The van der Waals surface area contributed by atoms with Crippen molar-refractivity contribution in [3.63, 3.8) is 0 Å². The topological polar surface area (TPSA) is 15.3 Å². The summed E-state index contributed by atoms with van der Waals surface area (Å²) in [5.74, 6) is 0. The van der Waals surface area contributed by atoms with Crippen LogP contribution in [0.15, 0.2) is 22.7 Å². The monoisotopic (exact) mass is 354 g/mol. The van der Waals surface area contributed by atoms with Crippen LogP contribution in [0, 0.1) is 0 Å². The van der Waals surface area contributed by atoms with Crippen LogP contribution in [0.4, 0.5) is 17.6 Å². The minimum atomic E-state index is -4.43. The standard InChI is InChI=1S/C13H15BrF4N2/c14-11-6-9(5-10(7-11)13(16,17)18)12(8-15)20-3-1-19-2-4-20/h5-7,12,19H,1-4,8H2/t12-/m1/s1. The zero-order valence-corrected chi connectivity index (χ0v) is 12.3. The first-order valence-electron chi connectivity index (χ1n) is 6.30. The Bertz CT molecular complexity index is 458. The average molecular weight is 355 g/mol. The van der Waals surface area contributed by atoms with Crippen molar-refractivity contribution in [2.45, 2.75) is 12.2 Å². The van der Waals surface area contributed by atoms with E-state index in [1.165, 1.54) is 0 Å². The number of alkyl halides is 4. The molecule has 0 aromatic heterocycles. The van der Waals surface area contributed by atoms with Crippen molar-refractivity contribution in [3.05, 3.63) is 33.8 Å². The summed E-state index contributed by atoms with van der Waals surface area (Å²) in [4.78, 5) is 1.87. The first-order chi connectivity index (χ1) is 9.41. The van der Waals surface area contributed by atoms with Crippen LogP contribution in [0.2, 0.25) is 0 Å². The fourth-order valence-corrected chi connectivity index (χ4v) is 2.87. The van der Waals surface area contributed by atoms with Crippen molar-refractivity contribution in [2.24, 2.45) is 0 Å². The lowest BCUT2D eigenvalue weighted by atomic mass is 10.0. The first-order valence-corrected chi connectivity index (χ1v) is 7.09. The smallest absolute Gasteiger partial charge is 0.314 e. The summed E-state index contributed by atoms with van der Waals surface area (Å²) < 4.78 is 52.1. The van der Waals surface area contributed by atoms with Gasteiger partial charge < -0.3 is 5.32 Å². The maximum Gasteiger partial charge on any atom is 0.416 e. The van der Waals surface area contributed by atoms with E-state index in [4.69, 9.17) is 0 Å². The third kappa shape index (κ3) is 3.71. The molecule has 7 heteroatoms. The number of nitrogens with one attached hydrogen (secondary N) is 1. The molecular weight excluding hydrogens is 340 g/mol. The van der Waals surface area contributed by atoms with E-state index in [0.717, 1.165) is 25.2 Å². The molecule has 1 aromatic carbocycles. The fourth-order valence-electron chi connectivity index (χ4n) is 2.36. The maximum absolute atomic E-state index is 13.3. The van der Waals surface area contributed by atoms with Crippen LogP contribution in [-0.2, 0) is 6.18 Å². The van der Waals surface area contributed by atoms with Gasteiger partial charge in [0.1, 0.15) is 6.67 Å². The summed E-state index contributed by atoms with van der Waals surface area (Å²) in [5.41, 5.74) is -0.397. The molecule has 1 heterocycles. The van der Waals surface area contributed by atoms with Gasteiger partial charge in [-0.05, 0) is 23.8 Å². The number of halogens is 5. The Kier molecular flexibility index (Phi) is 5.04. The van der Waals surface area contributed by atoms with Crippen LogP contribution in [0.3, 0.4) is 0 Å². The van der Waals surface area contributed by atoms with Crippen LogP contribution in [0.1, 0.15) is 17.2 Å². The Labute approximate surface area is 123 Å². The van der Waals surface area contributed by atoms with Crippen LogP contribution < -0.4 is 5.32 Å². The highest BCUT2D eigenvalue weighted by Crippen LogP contribution is 2.34. The van der Waals surface area contributed by atoms with Gasteiger partial charge in [0.05, 0.1) is 11.6 Å². The highest BCUT2D eigenvalue weighted by atomic mass is 79.9. The molecule has 1 atom stereocenters. The number of piperazine rings is 1. The van der Waals surface area contributed by atoms with Gasteiger partial charge in [-0.15, -0.1) is 0 Å². The van der Waals surface area contributed by atoms with Gasteiger partial charge in [-0.2, -0.15) is 13.2 Å². The Morgan fingerprint density at radius 2 is 1.85 bits per heavy atom. The maximum atomic E-state index is 13.3. The zero-order chi connectivity index (χ0) is 14.8. The van der Waals surface area contributed by atoms with Gasteiger partial charge in [-0.25, -0.2) is 4.39 Å². The number of hydrogen-bond donors (Lipinski definition) is 1. The third-order valence-corrected chi connectivity index (χ3v) is 3.83. The molecule has 0 saturated carbocycles. The van der Waals surface area contributed by atoms with Gasteiger partial charge >= 0.3 is 6.18 Å². The summed E-state index contributed by atoms with van der Waals surface area (Å²) in [6, 6.07) is 2.98. The van der Waals surface area contributed by atoms with Crippen molar-refractivity contribution in [3.8, 4) is 0 Å². The van der Waals surface area contributed by atoms with Crippen LogP contribution in [0.5, 0.6) is 0 Å². The first kappa shape index (κ1) is 15.7. The molecule has 112 valence electrons. The Balaban J connectivity index is 2.31. The van der Waals surface area contributed by atoms with Crippen LogP contribution >= 0.6 is 15.9 Å². The Hall–Kier alpha value is -0.660. The van der Waals surface area contributed by atoms with Gasteiger partial charge in [0.25, 0.3) is 0 Å². The van der Waals surface area contributed by atoms with Crippen molar-refractivity contribution in [2.75, 3.05) is 32.9 Å². The number of rotatable bonds is 3. The molecule has 1 aromatic rings. The molecule has 0 amide bonds.